The maximum atomic E-state index is 9.95. The smallest absolute Gasteiger partial charge is 0.0787 e. The summed E-state index contributed by atoms with van der Waals surface area (Å²) in [6.07, 6.45) is 8.77. The number of hydrogen-bond donors (Lipinski definition) is 3. The van der Waals surface area contributed by atoms with Gasteiger partial charge >= 0.3 is 0 Å². The fourth-order valence-electron chi connectivity index (χ4n) is 3.22. The average molecular weight is 321 g/mol. The maximum Gasteiger partial charge on any atom is 0.0787 e. The van der Waals surface area contributed by atoms with Crippen molar-refractivity contribution >= 4 is 6.34 Å². The fourth-order valence-corrected chi connectivity index (χ4v) is 3.22. The van der Waals surface area contributed by atoms with Crippen molar-refractivity contribution in [2.75, 3.05) is 0 Å². The Morgan fingerprint density at radius 1 is 1.17 bits per heavy atom. The predicted octanol–water partition coefficient (Wildman–Crippen LogP) is 5.22. The Kier molecular flexibility index (Phi) is 11.4. The maximum absolute atomic E-state index is 9.95. The minimum atomic E-state index is -0.312. The molecule has 1 atom stereocenters. The van der Waals surface area contributed by atoms with E-state index in [1.807, 2.05) is 13.0 Å². The molecule has 1 unspecified atom stereocenters. The van der Waals surface area contributed by atoms with Crippen LogP contribution in [-0.4, -0.2) is 11.4 Å². The van der Waals surface area contributed by atoms with Crippen LogP contribution in [0.4, 0.5) is 0 Å². The highest BCUT2D eigenvalue weighted by molar-refractivity contribution is 5.46. The predicted molar refractivity (Wildman–Crippen MR) is 101 cm³/mol. The Morgan fingerprint density at radius 2 is 1.74 bits per heavy atom. The standard InChI is InChI=1S/C19H32O.CH4N2/c1-5-12-19(4,13-6-2)14-11-16-9-8-10-17(15-16)18(20)7-3;2-1-3/h8-10,15,18,20H,5-7,11-14H2,1-4H3;1H,(H3,2,3). The normalized spacial score (nSPS) is 12.2. The van der Waals surface area contributed by atoms with E-state index in [2.05, 4.69) is 44.7 Å². The number of nitrogens with two attached hydrogens (primary N) is 1. The molecule has 1 rings (SSSR count). The van der Waals surface area contributed by atoms with Crippen LogP contribution in [0, 0.1) is 10.8 Å². The molecular formula is C20H36N2O. The van der Waals surface area contributed by atoms with E-state index in [0.717, 1.165) is 24.7 Å². The first-order valence-corrected chi connectivity index (χ1v) is 8.93. The lowest BCUT2D eigenvalue weighted by Crippen LogP contribution is -2.17. The van der Waals surface area contributed by atoms with Gasteiger partial charge in [-0.2, -0.15) is 0 Å². The molecule has 1 aromatic rings. The van der Waals surface area contributed by atoms with E-state index in [1.165, 1.54) is 37.7 Å². The second-order valence-electron chi connectivity index (χ2n) is 6.65. The van der Waals surface area contributed by atoms with Crippen molar-refractivity contribution in [3.8, 4) is 0 Å². The number of aliphatic hydroxyl groups is 1. The summed E-state index contributed by atoms with van der Waals surface area (Å²) in [5.74, 6) is 0. The molecule has 0 aliphatic rings. The van der Waals surface area contributed by atoms with Crippen molar-refractivity contribution < 1.29 is 5.11 Å². The quantitative estimate of drug-likeness (QED) is 0.431. The summed E-state index contributed by atoms with van der Waals surface area (Å²) >= 11 is 0. The summed E-state index contributed by atoms with van der Waals surface area (Å²) in [4.78, 5) is 0. The Bertz CT molecular complexity index is 425. The number of aryl methyl sites for hydroxylation is 1. The van der Waals surface area contributed by atoms with Gasteiger partial charge in [-0.05, 0) is 48.6 Å². The summed E-state index contributed by atoms with van der Waals surface area (Å²) in [6, 6.07) is 8.51. The van der Waals surface area contributed by atoms with Crippen molar-refractivity contribution in [3.05, 3.63) is 35.4 Å². The highest BCUT2D eigenvalue weighted by Crippen LogP contribution is 2.34. The molecule has 132 valence electrons. The van der Waals surface area contributed by atoms with Crippen LogP contribution >= 0.6 is 0 Å². The second-order valence-corrected chi connectivity index (χ2v) is 6.65. The number of rotatable bonds is 9. The molecule has 4 N–H and O–H groups in total. The Labute approximate surface area is 142 Å². The summed E-state index contributed by atoms with van der Waals surface area (Å²) in [5, 5.41) is 15.8. The van der Waals surface area contributed by atoms with Crippen LogP contribution in [0.2, 0.25) is 0 Å². The summed E-state index contributed by atoms with van der Waals surface area (Å²) < 4.78 is 0. The summed E-state index contributed by atoms with van der Waals surface area (Å²) in [5.41, 5.74) is 7.30. The Balaban J connectivity index is 0.00000149. The van der Waals surface area contributed by atoms with Crippen molar-refractivity contribution in [1.29, 1.82) is 5.41 Å². The van der Waals surface area contributed by atoms with Gasteiger partial charge in [-0.3, -0.25) is 5.41 Å². The number of benzene rings is 1. The lowest BCUT2D eigenvalue weighted by atomic mass is 9.76. The zero-order valence-corrected chi connectivity index (χ0v) is 15.4. The van der Waals surface area contributed by atoms with Gasteiger partial charge < -0.3 is 10.8 Å². The summed E-state index contributed by atoms with van der Waals surface area (Å²) in [6.45, 7) is 9.03. The molecule has 0 aliphatic carbocycles. The van der Waals surface area contributed by atoms with Gasteiger partial charge in [-0.1, -0.05) is 64.8 Å². The highest BCUT2D eigenvalue weighted by atomic mass is 16.3. The molecule has 0 saturated carbocycles. The first kappa shape index (κ1) is 21.6. The van der Waals surface area contributed by atoms with Crippen LogP contribution < -0.4 is 5.73 Å². The third-order valence-electron chi connectivity index (χ3n) is 4.45. The molecule has 3 nitrogen and oxygen atoms in total. The third-order valence-corrected chi connectivity index (χ3v) is 4.45. The zero-order valence-electron chi connectivity index (χ0n) is 15.4. The molecule has 1 aromatic carbocycles. The van der Waals surface area contributed by atoms with Crippen LogP contribution in [0.15, 0.2) is 24.3 Å². The molecule has 0 fully saturated rings. The minimum Gasteiger partial charge on any atom is -0.390 e. The van der Waals surface area contributed by atoms with Gasteiger partial charge in [0.05, 0.1) is 12.4 Å². The fraction of sp³-hybridized carbons (Fsp3) is 0.650. The first-order chi connectivity index (χ1) is 11.0. The largest absolute Gasteiger partial charge is 0.390 e. The van der Waals surface area contributed by atoms with Crippen molar-refractivity contribution in [2.45, 2.75) is 78.7 Å². The van der Waals surface area contributed by atoms with E-state index in [4.69, 9.17) is 5.41 Å². The molecule has 23 heavy (non-hydrogen) atoms. The van der Waals surface area contributed by atoms with E-state index in [-0.39, 0.29) is 6.10 Å². The average Bonchev–Trinajstić information content (AvgIpc) is 2.54. The van der Waals surface area contributed by atoms with Crippen LogP contribution in [-0.2, 0) is 6.42 Å². The van der Waals surface area contributed by atoms with Crippen molar-refractivity contribution in [3.63, 3.8) is 0 Å². The monoisotopic (exact) mass is 320 g/mol. The molecule has 0 aromatic heterocycles. The molecule has 3 heteroatoms. The SMILES string of the molecule is CCCC(C)(CCC)CCc1cccc(C(O)CC)c1.N=CN. The lowest BCUT2D eigenvalue weighted by molar-refractivity contribution is 0.173. The minimum absolute atomic E-state index is 0.312. The van der Waals surface area contributed by atoms with E-state index in [9.17, 15) is 5.11 Å². The summed E-state index contributed by atoms with van der Waals surface area (Å²) in [7, 11) is 0. The number of nitrogens with one attached hydrogen (secondary N) is 1. The molecular weight excluding hydrogens is 284 g/mol. The lowest BCUT2D eigenvalue weighted by Gasteiger charge is -2.29. The second kappa shape index (κ2) is 12.1. The van der Waals surface area contributed by atoms with Crippen LogP contribution in [0.25, 0.3) is 0 Å². The van der Waals surface area contributed by atoms with Crippen LogP contribution in [0.3, 0.4) is 0 Å². The van der Waals surface area contributed by atoms with Crippen LogP contribution in [0.1, 0.15) is 83.5 Å². The molecule has 0 heterocycles. The Morgan fingerprint density at radius 3 is 2.22 bits per heavy atom. The molecule has 0 spiro atoms. The van der Waals surface area contributed by atoms with Crippen molar-refractivity contribution in [1.82, 2.24) is 0 Å². The van der Waals surface area contributed by atoms with Crippen LogP contribution in [0.5, 0.6) is 0 Å². The highest BCUT2D eigenvalue weighted by Gasteiger charge is 2.21. The Hall–Kier alpha value is -1.35. The van der Waals surface area contributed by atoms with Gasteiger partial charge in [0.15, 0.2) is 0 Å². The molecule has 0 bridgehead atoms. The van der Waals surface area contributed by atoms with Gasteiger partial charge in [-0.25, -0.2) is 0 Å². The zero-order chi connectivity index (χ0) is 17.7. The molecule has 0 aliphatic heterocycles. The number of aliphatic hydroxyl groups excluding tert-OH is 1. The van der Waals surface area contributed by atoms with E-state index >= 15 is 0 Å². The van der Waals surface area contributed by atoms with Gasteiger partial charge in [0.25, 0.3) is 0 Å². The van der Waals surface area contributed by atoms with E-state index in [1.54, 1.807) is 0 Å². The topological polar surface area (TPSA) is 70.1 Å². The number of hydrogen-bond acceptors (Lipinski definition) is 2. The van der Waals surface area contributed by atoms with E-state index < -0.39 is 0 Å². The van der Waals surface area contributed by atoms with Crippen molar-refractivity contribution in [2.24, 2.45) is 11.1 Å². The third kappa shape index (κ3) is 8.75. The van der Waals surface area contributed by atoms with Gasteiger partial charge in [0, 0.05) is 0 Å². The first-order valence-electron chi connectivity index (χ1n) is 8.93. The van der Waals surface area contributed by atoms with Gasteiger partial charge in [0.2, 0.25) is 0 Å². The molecule has 0 amide bonds. The molecule has 0 radical (unpaired) electrons. The van der Waals surface area contributed by atoms with Gasteiger partial charge in [-0.15, -0.1) is 0 Å². The van der Waals surface area contributed by atoms with Gasteiger partial charge in [0.1, 0.15) is 0 Å². The molecule has 0 saturated heterocycles. The van der Waals surface area contributed by atoms with E-state index in [0.29, 0.717) is 5.41 Å².